The highest BCUT2D eigenvalue weighted by Gasteiger charge is 2.00. The van der Waals surface area contributed by atoms with E-state index in [0.29, 0.717) is 6.54 Å². The van der Waals surface area contributed by atoms with Crippen LogP contribution >= 0.6 is 0 Å². The molecule has 0 aliphatic rings. The Hall–Kier alpha value is -2.56. The lowest BCUT2D eigenvalue weighted by Crippen LogP contribution is -2.37. The van der Waals surface area contributed by atoms with E-state index < -0.39 is 0 Å². The Morgan fingerprint density at radius 3 is 2.26 bits per heavy atom. The van der Waals surface area contributed by atoms with Crippen LogP contribution in [-0.2, 0) is 13.0 Å². The topological polar surface area (TPSA) is 45.7 Å². The highest BCUT2D eigenvalue weighted by molar-refractivity contribution is 5.79. The molecule has 5 heteroatoms. The van der Waals surface area contributed by atoms with Crippen LogP contribution < -0.4 is 15.4 Å². The Bertz CT molecular complexity index is 624. The molecule has 0 radical (unpaired) electrons. The maximum atomic E-state index is 12.9. The average Bonchev–Trinajstić information content (AvgIpc) is 2.60. The minimum atomic E-state index is -0.226. The van der Waals surface area contributed by atoms with Crippen molar-refractivity contribution in [2.45, 2.75) is 13.0 Å². The molecule has 0 atom stereocenters. The molecule has 2 rings (SSSR count). The number of hydrogen-bond donors (Lipinski definition) is 2. The molecule has 0 aliphatic carbocycles. The number of hydrogen-bond acceptors (Lipinski definition) is 2. The van der Waals surface area contributed by atoms with E-state index >= 15 is 0 Å². The van der Waals surface area contributed by atoms with E-state index in [-0.39, 0.29) is 5.82 Å². The molecule has 2 N–H and O–H groups in total. The van der Waals surface area contributed by atoms with Crippen LogP contribution in [0.5, 0.6) is 5.75 Å². The number of benzene rings is 2. The van der Waals surface area contributed by atoms with Crippen molar-refractivity contribution in [2.75, 3.05) is 20.7 Å². The molecule has 122 valence electrons. The summed E-state index contributed by atoms with van der Waals surface area (Å²) < 4.78 is 18.0. The number of nitrogens with one attached hydrogen (secondary N) is 2. The second-order valence-corrected chi connectivity index (χ2v) is 5.08. The van der Waals surface area contributed by atoms with Gasteiger partial charge in [0.2, 0.25) is 0 Å². The Morgan fingerprint density at radius 2 is 1.65 bits per heavy atom. The number of rotatable bonds is 6. The first-order chi connectivity index (χ1) is 11.2. The molecular weight excluding hydrogens is 293 g/mol. The molecule has 0 amide bonds. The molecule has 0 saturated carbocycles. The fourth-order valence-corrected chi connectivity index (χ4v) is 2.13. The molecule has 0 heterocycles. The van der Waals surface area contributed by atoms with Crippen LogP contribution in [-0.4, -0.2) is 26.7 Å². The Morgan fingerprint density at radius 1 is 1.00 bits per heavy atom. The van der Waals surface area contributed by atoms with Crippen LogP contribution in [0.25, 0.3) is 0 Å². The molecule has 0 unspecified atom stereocenters. The third-order valence-corrected chi connectivity index (χ3v) is 3.46. The van der Waals surface area contributed by atoms with E-state index in [0.717, 1.165) is 30.2 Å². The number of guanidine groups is 1. The van der Waals surface area contributed by atoms with Gasteiger partial charge in [-0.2, -0.15) is 0 Å². The maximum Gasteiger partial charge on any atom is 0.191 e. The van der Waals surface area contributed by atoms with Crippen molar-refractivity contribution in [1.29, 1.82) is 0 Å². The second-order valence-electron chi connectivity index (χ2n) is 5.08. The van der Waals surface area contributed by atoms with E-state index in [1.54, 1.807) is 26.3 Å². The van der Waals surface area contributed by atoms with Crippen LogP contribution in [0.4, 0.5) is 4.39 Å². The Kier molecular flexibility index (Phi) is 6.41. The zero-order valence-electron chi connectivity index (χ0n) is 13.5. The van der Waals surface area contributed by atoms with Gasteiger partial charge >= 0.3 is 0 Å². The van der Waals surface area contributed by atoms with Crippen molar-refractivity contribution < 1.29 is 9.13 Å². The quantitative estimate of drug-likeness (QED) is 0.636. The highest BCUT2D eigenvalue weighted by atomic mass is 19.1. The van der Waals surface area contributed by atoms with Crippen LogP contribution in [0.1, 0.15) is 11.1 Å². The van der Waals surface area contributed by atoms with Gasteiger partial charge in [0.05, 0.1) is 7.11 Å². The van der Waals surface area contributed by atoms with Gasteiger partial charge in [-0.3, -0.25) is 4.99 Å². The summed E-state index contributed by atoms with van der Waals surface area (Å²) in [6.07, 6.45) is 0.890. The molecule has 0 aliphatic heterocycles. The van der Waals surface area contributed by atoms with Gasteiger partial charge in [0, 0.05) is 20.1 Å². The summed E-state index contributed by atoms with van der Waals surface area (Å²) in [6.45, 7) is 1.37. The fourth-order valence-electron chi connectivity index (χ4n) is 2.13. The average molecular weight is 315 g/mol. The van der Waals surface area contributed by atoms with Gasteiger partial charge in [-0.25, -0.2) is 4.39 Å². The summed E-state index contributed by atoms with van der Waals surface area (Å²) in [5.41, 5.74) is 2.23. The third-order valence-electron chi connectivity index (χ3n) is 3.46. The highest BCUT2D eigenvalue weighted by Crippen LogP contribution is 2.11. The van der Waals surface area contributed by atoms with Gasteiger partial charge < -0.3 is 15.4 Å². The first-order valence-corrected chi connectivity index (χ1v) is 7.53. The zero-order valence-corrected chi connectivity index (χ0v) is 13.5. The van der Waals surface area contributed by atoms with Crippen LogP contribution in [0.3, 0.4) is 0 Å². The summed E-state index contributed by atoms with van der Waals surface area (Å²) in [4.78, 5) is 4.18. The zero-order chi connectivity index (χ0) is 16.5. The van der Waals surface area contributed by atoms with Gasteiger partial charge in [-0.1, -0.05) is 24.3 Å². The molecule has 2 aromatic carbocycles. The lowest BCUT2D eigenvalue weighted by Gasteiger charge is -2.12. The molecule has 0 fully saturated rings. The first-order valence-electron chi connectivity index (χ1n) is 7.53. The van der Waals surface area contributed by atoms with Gasteiger partial charge in [0.1, 0.15) is 11.6 Å². The van der Waals surface area contributed by atoms with Gasteiger partial charge in [0.15, 0.2) is 5.96 Å². The van der Waals surface area contributed by atoms with Gasteiger partial charge in [0.25, 0.3) is 0 Å². The number of nitrogens with zero attached hydrogens (tertiary/aromatic N) is 1. The van der Waals surface area contributed by atoms with Crippen molar-refractivity contribution in [3.63, 3.8) is 0 Å². The summed E-state index contributed by atoms with van der Waals surface area (Å²) in [5.74, 6) is 1.36. The van der Waals surface area contributed by atoms with Gasteiger partial charge in [-0.15, -0.1) is 0 Å². The standard InChI is InChI=1S/C18H22FN3O/c1-20-18(22-13-15-3-7-16(19)8-4-15)21-12-11-14-5-9-17(23-2)10-6-14/h3-10H,11-13H2,1-2H3,(H2,20,21,22). The van der Waals surface area contributed by atoms with Crippen LogP contribution in [0.15, 0.2) is 53.5 Å². The van der Waals surface area contributed by atoms with E-state index in [1.807, 2.05) is 12.1 Å². The predicted molar refractivity (Wildman–Crippen MR) is 91.3 cm³/mol. The van der Waals surface area contributed by atoms with Crippen molar-refractivity contribution in [1.82, 2.24) is 10.6 Å². The molecular formula is C18H22FN3O. The lowest BCUT2D eigenvalue weighted by atomic mass is 10.1. The summed E-state index contributed by atoms with van der Waals surface area (Å²) in [7, 11) is 3.39. The number of aliphatic imine (C=N–C) groups is 1. The molecule has 23 heavy (non-hydrogen) atoms. The monoisotopic (exact) mass is 315 g/mol. The number of halogens is 1. The third kappa shape index (κ3) is 5.62. The largest absolute Gasteiger partial charge is 0.497 e. The van der Waals surface area contributed by atoms with Gasteiger partial charge in [-0.05, 0) is 41.8 Å². The first kappa shape index (κ1) is 16.8. The van der Waals surface area contributed by atoms with E-state index in [9.17, 15) is 4.39 Å². The van der Waals surface area contributed by atoms with E-state index in [2.05, 4.69) is 27.8 Å². The second kappa shape index (κ2) is 8.78. The minimum absolute atomic E-state index is 0.226. The summed E-state index contributed by atoms with van der Waals surface area (Å²) in [5, 5.41) is 6.47. The molecule has 0 spiro atoms. The smallest absolute Gasteiger partial charge is 0.191 e. The minimum Gasteiger partial charge on any atom is -0.497 e. The van der Waals surface area contributed by atoms with Crippen LogP contribution in [0, 0.1) is 5.82 Å². The molecule has 0 aromatic heterocycles. The van der Waals surface area contributed by atoms with Crippen molar-refractivity contribution in [3.05, 3.63) is 65.5 Å². The lowest BCUT2D eigenvalue weighted by molar-refractivity contribution is 0.414. The SMILES string of the molecule is CN=C(NCCc1ccc(OC)cc1)NCc1ccc(F)cc1. The Balaban J connectivity index is 1.75. The van der Waals surface area contributed by atoms with E-state index in [1.165, 1.54) is 17.7 Å². The van der Waals surface area contributed by atoms with Crippen molar-refractivity contribution in [2.24, 2.45) is 4.99 Å². The van der Waals surface area contributed by atoms with E-state index in [4.69, 9.17) is 4.74 Å². The van der Waals surface area contributed by atoms with Crippen molar-refractivity contribution in [3.8, 4) is 5.75 Å². The normalized spacial score (nSPS) is 11.2. The summed E-state index contributed by atoms with van der Waals surface area (Å²) >= 11 is 0. The molecule has 2 aromatic rings. The van der Waals surface area contributed by atoms with Crippen LogP contribution in [0.2, 0.25) is 0 Å². The summed E-state index contributed by atoms with van der Waals surface area (Å²) in [6, 6.07) is 14.4. The Labute approximate surface area is 136 Å². The number of methoxy groups -OCH3 is 1. The predicted octanol–water partition coefficient (Wildman–Crippen LogP) is 2.74. The van der Waals surface area contributed by atoms with Crippen molar-refractivity contribution >= 4 is 5.96 Å². The fraction of sp³-hybridized carbons (Fsp3) is 0.278. The number of ether oxygens (including phenoxy) is 1. The molecule has 0 bridgehead atoms. The molecule has 4 nitrogen and oxygen atoms in total. The molecule has 0 saturated heterocycles. The maximum absolute atomic E-state index is 12.9.